The number of carbonyl (C=O) groups is 5. The van der Waals surface area contributed by atoms with Gasteiger partial charge in [-0.2, -0.15) is 0 Å². The summed E-state index contributed by atoms with van der Waals surface area (Å²) in [5.41, 5.74) is 0.214. The zero-order valence-electron chi connectivity index (χ0n) is 28.1. The second kappa shape index (κ2) is 14.8. The van der Waals surface area contributed by atoms with Gasteiger partial charge in [-0.3, -0.25) is 14.4 Å². The van der Waals surface area contributed by atoms with Gasteiger partial charge in [0.15, 0.2) is 0 Å². The lowest BCUT2D eigenvalue weighted by atomic mass is 10.0. The summed E-state index contributed by atoms with van der Waals surface area (Å²) in [6.07, 6.45) is 9.04. The summed E-state index contributed by atoms with van der Waals surface area (Å²) in [7, 11) is 0. The minimum atomic E-state index is -1.63. The van der Waals surface area contributed by atoms with Gasteiger partial charge in [0.1, 0.15) is 35.5 Å². The van der Waals surface area contributed by atoms with Gasteiger partial charge in [-0.25, -0.2) is 19.6 Å². The first kappa shape index (κ1) is 34.6. The van der Waals surface area contributed by atoms with Crippen LogP contribution in [0, 0.1) is 5.92 Å². The number of ether oxygens (including phenoxy) is 2. The number of nitrogens with zero attached hydrogens (tertiary/aromatic N) is 3. The van der Waals surface area contributed by atoms with Crippen LogP contribution in [0.1, 0.15) is 70.6 Å². The summed E-state index contributed by atoms with van der Waals surface area (Å²) >= 11 is 1.47. The van der Waals surface area contributed by atoms with Crippen molar-refractivity contribution >= 4 is 52.0 Å². The average Bonchev–Trinajstić information content (AvgIpc) is 3.62. The van der Waals surface area contributed by atoms with Gasteiger partial charge in [0, 0.05) is 12.3 Å². The minimum Gasteiger partial charge on any atom is -0.475 e. The molecule has 14 heteroatoms. The predicted octanol–water partition coefficient (Wildman–Crippen LogP) is 4.79. The number of carbonyl (C=O) groups excluding carboxylic acids is 4. The van der Waals surface area contributed by atoms with E-state index in [1.807, 2.05) is 47.9 Å². The standard InChI is InChI=1S/C37H41N5O8S/c43-31(35(46)47)37-20-22(37)11-4-2-1-3-5-16-27(40-36(48)50-23-12-6-7-13-23)34(45)42-21-24(19-28(42)32(44)41-37)49-33-30(29-17-10-18-51-29)38-25-14-8-9-15-26(25)39-33/h4,8-11,14-15,17-18,22-24,27-28H,1-3,5-7,12-13,16,19-21H2,(H,40,48)(H,41,44)(H,46,47)/b11-4-/t22-,24-,27+,28-,37-/m0/s1. The van der Waals surface area contributed by atoms with Gasteiger partial charge in [0.25, 0.3) is 5.78 Å². The van der Waals surface area contributed by atoms with E-state index >= 15 is 0 Å². The van der Waals surface area contributed by atoms with E-state index in [1.54, 1.807) is 6.08 Å². The Bertz CT molecular complexity index is 1840. The van der Waals surface area contributed by atoms with Crippen LogP contribution in [0.4, 0.5) is 4.79 Å². The van der Waals surface area contributed by atoms with Crippen molar-refractivity contribution in [2.75, 3.05) is 6.54 Å². The van der Waals surface area contributed by atoms with Crippen molar-refractivity contribution in [3.8, 4) is 16.5 Å². The highest BCUT2D eigenvalue weighted by Crippen LogP contribution is 2.46. The first-order chi connectivity index (χ1) is 24.7. The quantitative estimate of drug-likeness (QED) is 0.228. The Hall–Kier alpha value is -4.85. The van der Waals surface area contributed by atoms with Crippen LogP contribution in [0.3, 0.4) is 0 Å². The number of thiophene rings is 1. The van der Waals surface area contributed by atoms with Crippen LogP contribution in [-0.4, -0.2) is 86.0 Å². The maximum absolute atomic E-state index is 14.4. The summed E-state index contributed by atoms with van der Waals surface area (Å²) < 4.78 is 12.1. The number of hydrogen-bond acceptors (Lipinski definition) is 10. The number of para-hydroxylation sites is 2. The SMILES string of the molecule is O=C(N[C@@H]1CCCCC/C=C\[C@H]2C[C@]2(C(=O)C(=O)O)NC(=O)[C@@H]2C[C@H](Oc3nc4ccccc4nc3-c3cccs3)CN2C1=O)OC1CCCC1. The van der Waals surface area contributed by atoms with Crippen molar-refractivity contribution in [2.24, 2.45) is 5.92 Å². The van der Waals surface area contributed by atoms with Gasteiger partial charge in [-0.1, -0.05) is 43.2 Å². The molecule has 51 heavy (non-hydrogen) atoms. The highest BCUT2D eigenvalue weighted by molar-refractivity contribution is 7.13. The molecule has 7 rings (SSSR count). The fraction of sp³-hybridized carbons (Fsp3) is 0.486. The molecule has 1 saturated heterocycles. The molecule has 0 radical (unpaired) electrons. The number of aromatic nitrogens is 2. The van der Waals surface area contributed by atoms with Crippen molar-refractivity contribution in [1.29, 1.82) is 0 Å². The van der Waals surface area contributed by atoms with E-state index in [2.05, 4.69) is 10.6 Å². The number of benzene rings is 1. The molecule has 1 aromatic carbocycles. The molecular formula is C37H41N5O8S. The monoisotopic (exact) mass is 715 g/mol. The minimum absolute atomic E-state index is 0.0195. The molecule has 2 aliphatic carbocycles. The first-order valence-corrected chi connectivity index (χ1v) is 18.6. The number of Topliss-reactive ketones (excluding diaryl/α,β-unsaturated/α-hetero) is 1. The van der Waals surface area contributed by atoms with Crippen molar-refractivity contribution < 1.29 is 38.6 Å². The van der Waals surface area contributed by atoms with Crippen molar-refractivity contribution in [2.45, 2.75) is 100 Å². The lowest BCUT2D eigenvalue weighted by Crippen LogP contribution is -2.57. The van der Waals surface area contributed by atoms with E-state index in [1.165, 1.54) is 16.2 Å². The topological polar surface area (TPSA) is 177 Å². The van der Waals surface area contributed by atoms with Crippen molar-refractivity contribution in [1.82, 2.24) is 25.5 Å². The fourth-order valence-corrected chi connectivity index (χ4v) is 8.19. The number of aliphatic carboxylic acids is 1. The molecule has 4 aliphatic rings. The number of ketones is 1. The molecule has 2 aromatic heterocycles. The number of hydrogen-bond donors (Lipinski definition) is 3. The number of carboxylic acids is 1. The molecule has 4 heterocycles. The summed E-state index contributed by atoms with van der Waals surface area (Å²) in [6, 6.07) is 9.12. The second-order valence-electron chi connectivity index (χ2n) is 13.8. The Morgan fingerprint density at radius 2 is 1.73 bits per heavy atom. The number of alkyl carbamates (subject to hydrolysis) is 1. The molecule has 2 saturated carbocycles. The second-order valence-corrected chi connectivity index (χ2v) is 14.8. The van der Waals surface area contributed by atoms with Crippen molar-refractivity contribution in [3.05, 3.63) is 53.9 Å². The van der Waals surface area contributed by atoms with E-state index in [0.717, 1.165) is 43.4 Å². The third-order valence-electron chi connectivity index (χ3n) is 10.3. The Balaban J connectivity index is 1.20. The number of rotatable bonds is 7. The van der Waals surface area contributed by atoms with Crippen LogP contribution < -0.4 is 15.4 Å². The summed E-state index contributed by atoms with van der Waals surface area (Å²) in [5, 5.41) is 17.1. The summed E-state index contributed by atoms with van der Waals surface area (Å²) in [4.78, 5) is 78.4. The molecule has 5 atom stereocenters. The van der Waals surface area contributed by atoms with Crippen molar-refractivity contribution in [3.63, 3.8) is 0 Å². The van der Waals surface area contributed by atoms with Gasteiger partial charge in [-0.05, 0) is 74.9 Å². The van der Waals surface area contributed by atoms with E-state index < -0.39 is 59.3 Å². The Labute approximate surface area is 298 Å². The van der Waals surface area contributed by atoms with Gasteiger partial charge >= 0.3 is 12.1 Å². The van der Waals surface area contributed by atoms with Gasteiger partial charge in [-0.15, -0.1) is 11.3 Å². The fourth-order valence-electron chi connectivity index (χ4n) is 7.49. The number of nitrogens with one attached hydrogen (secondary N) is 2. The van der Waals surface area contributed by atoms with Crippen LogP contribution in [0.5, 0.6) is 5.88 Å². The van der Waals surface area contributed by atoms with E-state index in [-0.39, 0.29) is 31.4 Å². The molecule has 0 spiro atoms. The lowest BCUT2D eigenvalue weighted by molar-refractivity contribution is -0.151. The average molecular weight is 716 g/mol. The zero-order chi connectivity index (χ0) is 35.5. The van der Waals surface area contributed by atoms with Gasteiger partial charge < -0.3 is 30.1 Å². The number of fused-ring (bicyclic) bond motifs is 3. The van der Waals surface area contributed by atoms with Crippen LogP contribution in [0.15, 0.2) is 53.9 Å². The number of allylic oxidation sites excluding steroid dienone is 1. The summed E-state index contributed by atoms with van der Waals surface area (Å²) in [6.45, 7) is -0.0195. The predicted molar refractivity (Wildman–Crippen MR) is 187 cm³/mol. The Kier molecular flexibility index (Phi) is 10.0. The Morgan fingerprint density at radius 1 is 0.961 bits per heavy atom. The summed E-state index contributed by atoms with van der Waals surface area (Å²) in [5.74, 6) is -4.10. The van der Waals surface area contributed by atoms with Crippen LogP contribution in [-0.2, 0) is 23.9 Å². The molecular weight excluding hydrogens is 675 g/mol. The smallest absolute Gasteiger partial charge is 0.408 e. The highest BCUT2D eigenvalue weighted by atomic mass is 32.1. The third-order valence-corrected chi connectivity index (χ3v) is 11.2. The lowest BCUT2D eigenvalue weighted by Gasteiger charge is -2.29. The largest absolute Gasteiger partial charge is 0.475 e. The molecule has 3 fully saturated rings. The van der Waals surface area contributed by atoms with Gasteiger partial charge in [0.05, 0.1) is 22.5 Å². The molecule has 3 N–H and O–H groups in total. The maximum atomic E-state index is 14.4. The normalized spacial score (nSPS) is 27.7. The molecule has 2 aliphatic heterocycles. The van der Waals surface area contributed by atoms with E-state index in [4.69, 9.17) is 19.4 Å². The molecule has 3 aromatic rings. The number of amides is 3. The van der Waals surface area contributed by atoms with Crippen LogP contribution in [0.25, 0.3) is 21.6 Å². The van der Waals surface area contributed by atoms with Gasteiger partial charge in [0.2, 0.25) is 17.7 Å². The Morgan fingerprint density at radius 3 is 2.47 bits per heavy atom. The zero-order valence-corrected chi connectivity index (χ0v) is 28.9. The maximum Gasteiger partial charge on any atom is 0.408 e. The third kappa shape index (κ3) is 7.46. The highest BCUT2D eigenvalue weighted by Gasteiger charge is 2.62. The van der Waals surface area contributed by atoms with E-state index in [9.17, 15) is 29.1 Å². The molecule has 3 amide bonds. The van der Waals surface area contributed by atoms with Crippen LogP contribution >= 0.6 is 11.3 Å². The molecule has 13 nitrogen and oxygen atoms in total. The molecule has 0 unspecified atom stereocenters. The van der Waals surface area contributed by atoms with E-state index in [0.29, 0.717) is 36.0 Å². The van der Waals surface area contributed by atoms with Crippen LogP contribution in [0.2, 0.25) is 0 Å². The molecule has 0 bridgehead atoms. The molecule has 268 valence electrons. The first-order valence-electron chi connectivity index (χ1n) is 17.7. The number of carboxylic acid groups (broad SMARTS) is 1.